The molecule has 3 rings (SSSR count). The largest absolute Gasteiger partial charge is 0.506 e. The fourth-order valence-electron chi connectivity index (χ4n) is 2.28. The number of amides is 1. The number of phenolic OH excluding ortho intramolecular Hbond substituents is 1. The van der Waals surface area contributed by atoms with Gasteiger partial charge in [-0.05, 0) is 52.3 Å². The van der Waals surface area contributed by atoms with Crippen molar-refractivity contribution in [3.8, 4) is 11.4 Å². The number of carbonyl (C=O) groups excluding carboxylic acids is 1. The van der Waals surface area contributed by atoms with E-state index >= 15 is 0 Å². The number of halogens is 2. The fraction of sp³-hybridized carbons (Fsp3) is 0. The number of nitrogens with zero attached hydrogens (tertiary/aromatic N) is 2. The lowest BCUT2D eigenvalue weighted by Crippen LogP contribution is -2.18. The third kappa shape index (κ3) is 4.00. The number of phenols is 1. The first-order valence-electron chi connectivity index (χ1n) is 7.30. The molecule has 2 aromatic carbocycles. The molecule has 0 unspecified atom stereocenters. The lowest BCUT2D eigenvalue weighted by molar-refractivity contribution is 0.0952. The van der Waals surface area contributed by atoms with Crippen molar-refractivity contribution in [3.05, 3.63) is 81.0 Å². The average molecular weight is 463 g/mol. The average Bonchev–Trinajstić information content (AvgIpc) is 3.07. The number of nitrogens with one attached hydrogen (secondary N) is 1. The van der Waals surface area contributed by atoms with Crippen LogP contribution >= 0.6 is 31.9 Å². The highest BCUT2D eigenvalue weighted by Crippen LogP contribution is 2.31. The number of hydrogen-bond acceptors (Lipinski definition) is 3. The molecule has 7 heteroatoms. The van der Waals surface area contributed by atoms with E-state index in [1.54, 1.807) is 12.3 Å². The van der Waals surface area contributed by atoms with Crippen molar-refractivity contribution in [1.82, 2.24) is 9.99 Å². The van der Waals surface area contributed by atoms with Crippen molar-refractivity contribution in [2.45, 2.75) is 0 Å². The van der Waals surface area contributed by atoms with Gasteiger partial charge in [0.15, 0.2) is 0 Å². The first-order chi connectivity index (χ1) is 12.1. The van der Waals surface area contributed by atoms with Crippen molar-refractivity contribution < 1.29 is 9.90 Å². The number of carbonyl (C=O) groups is 1. The summed E-state index contributed by atoms with van der Waals surface area (Å²) < 4.78 is 3.04. The molecule has 0 aliphatic rings. The number of hydrogen-bond donors (Lipinski definition) is 2. The van der Waals surface area contributed by atoms with Crippen LogP contribution in [-0.4, -0.2) is 21.8 Å². The van der Waals surface area contributed by atoms with Crippen LogP contribution < -0.4 is 5.43 Å². The van der Waals surface area contributed by atoms with E-state index in [9.17, 15) is 9.90 Å². The number of benzene rings is 2. The minimum atomic E-state index is -0.506. The Morgan fingerprint density at radius 3 is 2.64 bits per heavy atom. The molecule has 0 saturated heterocycles. The highest BCUT2D eigenvalue weighted by molar-refractivity contribution is 9.11. The Balaban J connectivity index is 1.77. The summed E-state index contributed by atoms with van der Waals surface area (Å²) in [4.78, 5) is 12.2. The van der Waals surface area contributed by atoms with Gasteiger partial charge in [0.1, 0.15) is 5.75 Å². The quantitative estimate of drug-likeness (QED) is 0.443. The summed E-state index contributed by atoms with van der Waals surface area (Å²) in [6.07, 6.45) is 3.46. The minimum Gasteiger partial charge on any atom is -0.506 e. The number of para-hydroxylation sites is 1. The van der Waals surface area contributed by atoms with E-state index in [1.807, 2.05) is 53.2 Å². The predicted molar refractivity (Wildman–Crippen MR) is 104 cm³/mol. The van der Waals surface area contributed by atoms with Gasteiger partial charge in [-0.15, -0.1) is 0 Å². The van der Waals surface area contributed by atoms with Gasteiger partial charge in [0.25, 0.3) is 5.91 Å². The summed E-state index contributed by atoms with van der Waals surface area (Å²) in [5.74, 6) is -0.642. The van der Waals surface area contributed by atoms with Gasteiger partial charge in [-0.3, -0.25) is 4.79 Å². The standard InChI is InChI=1S/C18H13Br2N3O2/c19-12-9-15(17(24)16(20)10-12)18(25)22-21-11-14-7-4-8-23(14)13-5-2-1-3-6-13/h1-11,24H,(H,22,25)/b21-11-. The van der Waals surface area contributed by atoms with Crippen LogP contribution in [0.3, 0.4) is 0 Å². The van der Waals surface area contributed by atoms with Crippen molar-refractivity contribution in [2.24, 2.45) is 5.10 Å². The van der Waals surface area contributed by atoms with Crippen LogP contribution in [0.4, 0.5) is 0 Å². The predicted octanol–water partition coefficient (Wildman–Crippen LogP) is 4.47. The van der Waals surface area contributed by atoms with Gasteiger partial charge in [-0.2, -0.15) is 5.10 Å². The first kappa shape index (κ1) is 17.4. The van der Waals surface area contributed by atoms with E-state index in [-0.39, 0.29) is 11.3 Å². The maximum absolute atomic E-state index is 12.2. The summed E-state index contributed by atoms with van der Waals surface area (Å²) in [5, 5.41) is 14.0. The SMILES string of the molecule is O=C(N/N=C\c1cccn1-c1ccccc1)c1cc(Br)cc(Br)c1O. The van der Waals surface area contributed by atoms with Gasteiger partial charge < -0.3 is 9.67 Å². The molecule has 25 heavy (non-hydrogen) atoms. The monoisotopic (exact) mass is 461 g/mol. The maximum atomic E-state index is 12.2. The van der Waals surface area contributed by atoms with Crippen LogP contribution in [0.2, 0.25) is 0 Å². The Bertz CT molecular complexity index is 937. The molecule has 0 radical (unpaired) electrons. The summed E-state index contributed by atoms with van der Waals surface area (Å²) in [6, 6.07) is 16.8. The van der Waals surface area contributed by atoms with E-state index in [0.717, 1.165) is 11.4 Å². The van der Waals surface area contributed by atoms with Crippen LogP contribution in [0.25, 0.3) is 5.69 Å². The normalized spacial score (nSPS) is 11.0. The molecular weight excluding hydrogens is 450 g/mol. The minimum absolute atomic E-state index is 0.122. The molecule has 1 heterocycles. The number of hydrazone groups is 1. The van der Waals surface area contributed by atoms with Gasteiger partial charge in [0.2, 0.25) is 0 Å². The third-order valence-electron chi connectivity index (χ3n) is 3.45. The molecule has 0 aliphatic carbocycles. The maximum Gasteiger partial charge on any atom is 0.275 e. The zero-order chi connectivity index (χ0) is 17.8. The van der Waals surface area contributed by atoms with E-state index in [0.29, 0.717) is 8.95 Å². The molecule has 5 nitrogen and oxygen atoms in total. The molecule has 0 atom stereocenters. The second-order valence-corrected chi connectivity index (χ2v) is 6.89. The Hall–Kier alpha value is -2.38. The lowest BCUT2D eigenvalue weighted by atomic mass is 10.2. The van der Waals surface area contributed by atoms with Crippen molar-refractivity contribution in [3.63, 3.8) is 0 Å². The zero-order valence-electron chi connectivity index (χ0n) is 12.9. The summed E-state index contributed by atoms with van der Waals surface area (Å²) in [5.41, 5.74) is 4.35. The molecule has 1 aromatic heterocycles. The van der Waals surface area contributed by atoms with Crippen LogP contribution in [-0.2, 0) is 0 Å². The Kier molecular flexibility index (Phi) is 5.35. The van der Waals surface area contributed by atoms with Crippen LogP contribution in [0.15, 0.2) is 74.8 Å². The lowest BCUT2D eigenvalue weighted by Gasteiger charge is -2.07. The van der Waals surface area contributed by atoms with E-state index in [2.05, 4.69) is 42.4 Å². The second-order valence-electron chi connectivity index (χ2n) is 5.12. The molecule has 0 saturated carbocycles. The topological polar surface area (TPSA) is 66.6 Å². The first-order valence-corrected chi connectivity index (χ1v) is 8.89. The van der Waals surface area contributed by atoms with Crippen molar-refractivity contribution >= 4 is 44.0 Å². The smallest absolute Gasteiger partial charge is 0.275 e. The van der Waals surface area contributed by atoms with Crippen molar-refractivity contribution in [1.29, 1.82) is 0 Å². The van der Waals surface area contributed by atoms with Gasteiger partial charge in [-0.25, -0.2) is 5.43 Å². The third-order valence-corrected chi connectivity index (χ3v) is 4.51. The Labute approximate surface area is 161 Å². The van der Waals surface area contributed by atoms with Crippen molar-refractivity contribution in [2.75, 3.05) is 0 Å². The highest BCUT2D eigenvalue weighted by Gasteiger charge is 2.14. The molecule has 0 fully saturated rings. The Morgan fingerprint density at radius 2 is 1.88 bits per heavy atom. The van der Waals surface area contributed by atoms with Crippen LogP contribution in [0, 0.1) is 0 Å². The molecule has 3 aromatic rings. The second kappa shape index (κ2) is 7.67. The van der Waals surface area contributed by atoms with Crippen LogP contribution in [0.1, 0.15) is 16.1 Å². The molecule has 0 bridgehead atoms. The highest BCUT2D eigenvalue weighted by atomic mass is 79.9. The van der Waals surface area contributed by atoms with E-state index in [4.69, 9.17) is 0 Å². The van der Waals surface area contributed by atoms with Gasteiger partial charge >= 0.3 is 0 Å². The molecule has 1 amide bonds. The number of aromatic hydroxyl groups is 1. The zero-order valence-corrected chi connectivity index (χ0v) is 16.0. The van der Waals surface area contributed by atoms with E-state index in [1.165, 1.54) is 6.07 Å². The summed E-state index contributed by atoms with van der Waals surface area (Å²) in [6.45, 7) is 0. The van der Waals surface area contributed by atoms with E-state index < -0.39 is 5.91 Å². The fourth-order valence-corrected chi connectivity index (χ4v) is 3.50. The summed E-state index contributed by atoms with van der Waals surface area (Å²) in [7, 11) is 0. The van der Waals surface area contributed by atoms with Gasteiger partial charge in [-0.1, -0.05) is 34.1 Å². The number of aromatic nitrogens is 1. The molecule has 0 aliphatic heterocycles. The molecular formula is C18H13Br2N3O2. The van der Waals surface area contributed by atoms with Gasteiger partial charge in [0, 0.05) is 16.4 Å². The Morgan fingerprint density at radius 1 is 1.12 bits per heavy atom. The summed E-state index contributed by atoms with van der Waals surface area (Å²) >= 11 is 6.49. The number of rotatable bonds is 4. The van der Waals surface area contributed by atoms with Gasteiger partial charge in [0.05, 0.1) is 21.9 Å². The molecule has 126 valence electrons. The molecule has 0 spiro atoms. The molecule has 2 N–H and O–H groups in total. The van der Waals surface area contributed by atoms with Crippen LogP contribution in [0.5, 0.6) is 5.75 Å².